The molecule has 136 valence electrons. The van der Waals surface area contributed by atoms with Crippen molar-refractivity contribution in [3.63, 3.8) is 0 Å². The van der Waals surface area contributed by atoms with Crippen LogP contribution < -0.4 is 15.4 Å². The van der Waals surface area contributed by atoms with E-state index in [0.29, 0.717) is 6.54 Å². The Balaban J connectivity index is 0.00000312. The fraction of sp³-hybridized carbons (Fsp3) is 0.389. The quantitative estimate of drug-likeness (QED) is 0.398. The van der Waals surface area contributed by atoms with Gasteiger partial charge in [0, 0.05) is 49.2 Å². The molecular weight excluding hydrogens is 429 g/mol. The Labute approximate surface area is 166 Å². The van der Waals surface area contributed by atoms with Crippen LogP contribution in [0.4, 0.5) is 0 Å². The second-order valence-electron chi connectivity index (χ2n) is 5.47. The number of ether oxygens (including phenoxy) is 1. The van der Waals surface area contributed by atoms with E-state index in [2.05, 4.69) is 25.6 Å². The summed E-state index contributed by atoms with van der Waals surface area (Å²) >= 11 is 0. The fourth-order valence-corrected chi connectivity index (χ4v) is 2.49. The van der Waals surface area contributed by atoms with E-state index >= 15 is 0 Å². The zero-order valence-corrected chi connectivity index (χ0v) is 17.5. The first-order chi connectivity index (χ1) is 11.7. The number of nitrogens with zero attached hydrogens (tertiary/aromatic N) is 3. The lowest BCUT2D eigenvalue weighted by Gasteiger charge is -2.15. The molecule has 0 aliphatic rings. The molecular formula is C18H26IN5O. The van der Waals surface area contributed by atoms with Gasteiger partial charge >= 0.3 is 0 Å². The van der Waals surface area contributed by atoms with Gasteiger partial charge in [-0.3, -0.25) is 15.0 Å². The molecule has 0 spiro atoms. The highest BCUT2D eigenvalue weighted by molar-refractivity contribution is 14.0. The molecule has 25 heavy (non-hydrogen) atoms. The number of hydrogen-bond donors (Lipinski definition) is 2. The molecule has 0 fully saturated rings. The fourth-order valence-electron chi connectivity index (χ4n) is 2.49. The SMILES string of the molecule is CN=C(NCCc1ccccn1)NCc1ncc(C)c(OC)c1C.I. The Morgan fingerprint density at radius 3 is 2.64 bits per heavy atom. The summed E-state index contributed by atoms with van der Waals surface area (Å²) < 4.78 is 5.44. The van der Waals surface area contributed by atoms with Crippen molar-refractivity contribution in [2.75, 3.05) is 20.7 Å². The Morgan fingerprint density at radius 1 is 1.20 bits per heavy atom. The van der Waals surface area contributed by atoms with Crippen LogP contribution in [0.5, 0.6) is 5.75 Å². The smallest absolute Gasteiger partial charge is 0.191 e. The van der Waals surface area contributed by atoms with Crippen molar-refractivity contribution in [2.24, 2.45) is 4.99 Å². The molecule has 0 atom stereocenters. The number of hydrogen-bond acceptors (Lipinski definition) is 4. The summed E-state index contributed by atoms with van der Waals surface area (Å²) in [5.74, 6) is 1.63. The van der Waals surface area contributed by atoms with E-state index in [1.165, 1.54) is 0 Å². The van der Waals surface area contributed by atoms with Crippen LogP contribution in [0, 0.1) is 13.8 Å². The molecule has 0 amide bonds. The summed E-state index contributed by atoms with van der Waals surface area (Å²) in [6.07, 6.45) is 4.49. The maximum Gasteiger partial charge on any atom is 0.191 e. The van der Waals surface area contributed by atoms with E-state index in [0.717, 1.165) is 47.2 Å². The summed E-state index contributed by atoms with van der Waals surface area (Å²) in [4.78, 5) is 13.0. The molecule has 0 saturated heterocycles. The molecule has 2 heterocycles. The third kappa shape index (κ3) is 6.15. The van der Waals surface area contributed by atoms with Crippen molar-refractivity contribution in [3.8, 4) is 5.75 Å². The predicted octanol–water partition coefficient (Wildman–Crippen LogP) is 2.63. The minimum atomic E-state index is 0. The monoisotopic (exact) mass is 455 g/mol. The van der Waals surface area contributed by atoms with Crippen molar-refractivity contribution in [1.82, 2.24) is 20.6 Å². The highest BCUT2D eigenvalue weighted by Gasteiger charge is 2.09. The van der Waals surface area contributed by atoms with Gasteiger partial charge in [0.05, 0.1) is 19.3 Å². The number of aliphatic imine (C=N–C) groups is 1. The van der Waals surface area contributed by atoms with Crippen LogP contribution in [-0.2, 0) is 13.0 Å². The molecule has 7 heteroatoms. The second kappa shape index (κ2) is 10.9. The summed E-state index contributed by atoms with van der Waals surface area (Å²) in [6.45, 7) is 5.37. The molecule has 0 unspecified atom stereocenters. The highest BCUT2D eigenvalue weighted by atomic mass is 127. The van der Waals surface area contributed by atoms with Crippen molar-refractivity contribution in [3.05, 3.63) is 53.1 Å². The number of methoxy groups -OCH3 is 1. The third-order valence-electron chi connectivity index (χ3n) is 3.80. The van der Waals surface area contributed by atoms with E-state index in [1.807, 2.05) is 44.4 Å². The standard InChI is InChI=1S/C18H25N5O.HI/c1-13-11-22-16(14(2)17(13)24-4)12-23-18(19-3)21-10-8-15-7-5-6-9-20-15;/h5-7,9,11H,8,10,12H2,1-4H3,(H2,19,21,23);1H. The van der Waals surface area contributed by atoms with Gasteiger partial charge in [0.2, 0.25) is 0 Å². The lowest BCUT2D eigenvalue weighted by molar-refractivity contribution is 0.406. The normalized spacial score (nSPS) is 10.8. The van der Waals surface area contributed by atoms with Crippen LogP contribution in [0.3, 0.4) is 0 Å². The van der Waals surface area contributed by atoms with Gasteiger partial charge in [-0.2, -0.15) is 0 Å². The maximum atomic E-state index is 5.44. The Bertz CT molecular complexity index is 691. The van der Waals surface area contributed by atoms with Crippen molar-refractivity contribution in [1.29, 1.82) is 0 Å². The Morgan fingerprint density at radius 2 is 2.00 bits per heavy atom. The van der Waals surface area contributed by atoms with Gasteiger partial charge in [-0.25, -0.2) is 0 Å². The van der Waals surface area contributed by atoms with Crippen LogP contribution in [0.25, 0.3) is 0 Å². The molecule has 2 aromatic heterocycles. The topological polar surface area (TPSA) is 71.4 Å². The van der Waals surface area contributed by atoms with E-state index in [9.17, 15) is 0 Å². The van der Waals surface area contributed by atoms with Crippen molar-refractivity contribution in [2.45, 2.75) is 26.8 Å². The van der Waals surface area contributed by atoms with E-state index in [-0.39, 0.29) is 24.0 Å². The summed E-state index contributed by atoms with van der Waals surface area (Å²) in [6, 6.07) is 5.93. The molecule has 2 N–H and O–H groups in total. The Kier molecular flexibility index (Phi) is 9.18. The van der Waals surface area contributed by atoms with E-state index < -0.39 is 0 Å². The molecule has 0 bridgehead atoms. The molecule has 0 aliphatic heterocycles. The summed E-state index contributed by atoms with van der Waals surface area (Å²) in [7, 11) is 3.44. The number of aromatic nitrogens is 2. The van der Waals surface area contributed by atoms with Gasteiger partial charge in [0.15, 0.2) is 5.96 Å². The Hall–Kier alpha value is -1.90. The van der Waals surface area contributed by atoms with Crippen molar-refractivity contribution < 1.29 is 4.74 Å². The zero-order chi connectivity index (χ0) is 17.4. The minimum absolute atomic E-state index is 0. The average Bonchev–Trinajstić information content (AvgIpc) is 2.60. The van der Waals surface area contributed by atoms with E-state index in [1.54, 1.807) is 14.2 Å². The molecule has 6 nitrogen and oxygen atoms in total. The second-order valence-corrected chi connectivity index (χ2v) is 5.47. The van der Waals surface area contributed by atoms with E-state index in [4.69, 9.17) is 4.74 Å². The number of halogens is 1. The first kappa shape index (κ1) is 21.1. The average molecular weight is 455 g/mol. The number of guanidine groups is 1. The van der Waals surface area contributed by atoms with Gasteiger partial charge in [-0.05, 0) is 26.0 Å². The largest absolute Gasteiger partial charge is 0.496 e. The lowest BCUT2D eigenvalue weighted by Crippen LogP contribution is -2.38. The zero-order valence-electron chi connectivity index (χ0n) is 15.2. The van der Waals surface area contributed by atoms with Crippen LogP contribution in [0.1, 0.15) is 22.5 Å². The minimum Gasteiger partial charge on any atom is -0.496 e. The number of aryl methyl sites for hydroxylation is 1. The van der Waals surface area contributed by atoms with Crippen LogP contribution in [0.15, 0.2) is 35.6 Å². The maximum absolute atomic E-state index is 5.44. The van der Waals surface area contributed by atoms with Crippen LogP contribution >= 0.6 is 24.0 Å². The molecule has 0 aromatic carbocycles. The van der Waals surface area contributed by atoms with Gasteiger partial charge < -0.3 is 15.4 Å². The molecule has 0 saturated carbocycles. The molecule has 2 aromatic rings. The summed E-state index contributed by atoms with van der Waals surface area (Å²) in [5, 5.41) is 6.57. The molecule has 0 aliphatic carbocycles. The first-order valence-corrected chi connectivity index (χ1v) is 7.99. The first-order valence-electron chi connectivity index (χ1n) is 7.99. The molecule has 0 radical (unpaired) electrons. The van der Waals surface area contributed by atoms with Gasteiger partial charge in [0.1, 0.15) is 5.75 Å². The van der Waals surface area contributed by atoms with Crippen molar-refractivity contribution >= 4 is 29.9 Å². The number of rotatable bonds is 6. The predicted molar refractivity (Wildman–Crippen MR) is 112 cm³/mol. The third-order valence-corrected chi connectivity index (χ3v) is 3.80. The number of pyridine rings is 2. The molecule has 2 rings (SSSR count). The van der Waals surface area contributed by atoms with Gasteiger partial charge in [0.25, 0.3) is 0 Å². The van der Waals surface area contributed by atoms with Crippen LogP contribution in [-0.4, -0.2) is 36.6 Å². The number of nitrogens with one attached hydrogen (secondary N) is 2. The highest BCUT2D eigenvalue weighted by Crippen LogP contribution is 2.23. The lowest BCUT2D eigenvalue weighted by atomic mass is 10.1. The van der Waals surface area contributed by atoms with Gasteiger partial charge in [-0.1, -0.05) is 6.07 Å². The van der Waals surface area contributed by atoms with Gasteiger partial charge in [-0.15, -0.1) is 24.0 Å². The summed E-state index contributed by atoms with van der Waals surface area (Å²) in [5.41, 5.74) is 4.09. The van der Waals surface area contributed by atoms with Crippen LogP contribution in [0.2, 0.25) is 0 Å².